The Morgan fingerprint density at radius 2 is 1.95 bits per heavy atom. The number of likely N-dealkylation sites (tertiary alicyclic amines) is 1. The lowest BCUT2D eigenvalue weighted by atomic mass is 10.2. The van der Waals surface area contributed by atoms with E-state index in [1.807, 2.05) is 0 Å². The zero-order chi connectivity index (χ0) is 14.5. The van der Waals surface area contributed by atoms with E-state index in [-0.39, 0.29) is 30.1 Å². The van der Waals surface area contributed by atoms with Crippen molar-refractivity contribution in [1.29, 1.82) is 0 Å². The highest BCUT2D eigenvalue weighted by molar-refractivity contribution is 9.10. The fourth-order valence-corrected chi connectivity index (χ4v) is 5.57. The monoisotopic (exact) mass is 360 g/mol. The summed E-state index contributed by atoms with van der Waals surface area (Å²) in [5.74, 6) is 0. The third-order valence-corrected chi connectivity index (χ3v) is 6.79. The van der Waals surface area contributed by atoms with Crippen LogP contribution >= 0.6 is 15.9 Å². The molecule has 1 N–H and O–H groups in total. The minimum absolute atomic E-state index is 0.227. The number of halogens is 1. The summed E-state index contributed by atoms with van der Waals surface area (Å²) in [7, 11) is -3.58. The second kappa shape index (κ2) is 4.71. The number of sulfonamides is 1. The molecule has 2 heterocycles. The van der Waals surface area contributed by atoms with Gasteiger partial charge in [-0.1, -0.05) is 12.1 Å². The summed E-state index contributed by atoms with van der Waals surface area (Å²) < 4.78 is 27.3. The van der Waals surface area contributed by atoms with Crippen LogP contribution in [0.2, 0.25) is 0 Å². The first-order valence-corrected chi connectivity index (χ1v) is 8.40. The smallest absolute Gasteiger partial charge is 0.407 e. The van der Waals surface area contributed by atoms with Crippen LogP contribution in [-0.4, -0.2) is 54.0 Å². The molecule has 0 radical (unpaired) electrons. The molecule has 2 aliphatic heterocycles. The Morgan fingerprint density at radius 1 is 1.25 bits per heavy atom. The van der Waals surface area contributed by atoms with Crippen LogP contribution in [0, 0.1) is 0 Å². The molecule has 3 rings (SSSR count). The number of fused-ring (bicyclic) bond motifs is 2. The van der Waals surface area contributed by atoms with Crippen molar-refractivity contribution in [3.8, 4) is 0 Å². The number of amides is 1. The van der Waals surface area contributed by atoms with Crippen LogP contribution in [0.1, 0.15) is 6.42 Å². The molecule has 2 bridgehead atoms. The number of piperazine rings is 1. The number of carbonyl (C=O) groups is 1. The number of nitrogens with zero attached hydrogens (tertiary/aromatic N) is 2. The number of carboxylic acid groups (broad SMARTS) is 1. The first-order chi connectivity index (χ1) is 9.41. The third kappa shape index (κ3) is 2.02. The molecule has 0 aromatic heterocycles. The summed E-state index contributed by atoms with van der Waals surface area (Å²) in [4.78, 5) is 12.6. The van der Waals surface area contributed by atoms with Crippen LogP contribution in [0.3, 0.4) is 0 Å². The van der Waals surface area contributed by atoms with Gasteiger partial charge < -0.3 is 10.0 Å². The van der Waals surface area contributed by atoms with Gasteiger partial charge in [0, 0.05) is 23.6 Å². The van der Waals surface area contributed by atoms with Gasteiger partial charge in [0.25, 0.3) is 0 Å². The molecule has 2 saturated heterocycles. The molecule has 6 nitrogen and oxygen atoms in total. The fraction of sp³-hybridized carbons (Fsp3) is 0.417. The summed E-state index contributed by atoms with van der Waals surface area (Å²) in [5, 5.41) is 9.04. The maximum Gasteiger partial charge on any atom is 0.407 e. The van der Waals surface area contributed by atoms with Gasteiger partial charge in [-0.2, -0.15) is 4.31 Å². The van der Waals surface area contributed by atoms with E-state index in [0.29, 0.717) is 10.9 Å². The third-order valence-electron chi connectivity index (χ3n) is 3.86. The summed E-state index contributed by atoms with van der Waals surface area (Å²) in [6.45, 7) is 0.490. The van der Waals surface area contributed by atoms with Crippen LogP contribution in [0.4, 0.5) is 4.79 Å². The van der Waals surface area contributed by atoms with Crippen LogP contribution < -0.4 is 0 Å². The Morgan fingerprint density at radius 3 is 2.50 bits per heavy atom. The van der Waals surface area contributed by atoms with E-state index in [1.54, 1.807) is 24.3 Å². The Labute approximate surface area is 125 Å². The average Bonchev–Trinajstić information content (AvgIpc) is 2.98. The minimum atomic E-state index is -3.58. The molecule has 2 fully saturated rings. The van der Waals surface area contributed by atoms with Crippen LogP contribution in [0.5, 0.6) is 0 Å². The average molecular weight is 361 g/mol. The van der Waals surface area contributed by atoms with Gasteiger partial charge in [-0.3, -0.25) is 0 Å². The van der Waals surface area contributed by atoms with Gasteiger partial charge in [-0.15, -0.1) is 0 Å². The van der Waals surface area contributed by atoms with Gasteiger partial charge in [0.05, 0.1) is 10.9 Å². The predicted octanol–water partition coefficient (Wildman–Crippen LogP) is 1.57. The molecule has 0 spiro atoms. The van der Waals surface area contributed by atoms with Crippen molar-refractivity contribution < 1.29 is 18.3 Å². The number of benzene rings is 1. The summed E-state index contributed by atoms with van der Waals surface area (Å²) in [6, 6.07) is 6.19. The zero-order valence-corrected chi connectivity index (χ0v) is 12.8. The largest absolute Gasteiger partial charge is 0.465 e. The van der Waals surface area contributed by atoms with E-state index < -0.39 is 16.1 Å². The van der Waals surface area contributed by atoms with Crippen molar-refractivity contribution in [1.82, 2.24) is 9.21 Å². The molecule has 20 heavy (non-hydrogen) atoms. The normalized spacial score (nSPS) is 26.1. The van der Waals surface area contributed by atoms with Crippen molar-refractivity contribution in [2.75, 3.05) is 13.1 Å². The van der Waals surface area contributed by atoms with Gasteiger partial charge in [-0.25, -0.2) is 13.2 Å². The van der Waals surface area contributed by atoms with Gasteiger partial charge in [0.2, 0.25) is 10.0 Å². The van der Waals surface area contributed by atoms with Crippen molar-refractivity contribution in [2.24, 2.45) is 0 Å². The summed E-state index contributed by atoms with van der Waals surface area (Å²) in [5.41, 5.74) is 0. The Hall–Kier alpha value is -1.12. The van der Waals surface area contributed by atoms with E-state index in [0.717, 1.165) is 0 Å². The lowest BCUT2D eigenvalue weighted by Gasteiger charge is -2.32. The highest BCUT2D eigenvalue weighted by Crippen LogP contribution is 2.36. The topological polar surface area (TPSA) is 77.9 Å². The Kier molecular flexibility index (Phi) is 3.26. The number of hydrogen-bond acceptors (Lipinski definition) is 3. The van der Waals surface area contributed by atoms with E-state index in [4.69, 9.17) is 5.11 Å². The highest BCUT2D eigenvalue weighted by atomic mass is 79.9. The second-order valence-electron chi connectivity index (χ2n) is 4.98. The van der Waals surface area contributed by atoms with Gasteiger partial charge in [0.15, 0.2) is 0 Å². The maximum atomic E-state index is 12.7. The molecular formula is C12H13BrN2O4S. The highest BCUT2D eigenvalue weighted by Gasteiger charge is 2.50. The summed E-state index contributed by atoms with van der Waals surface area (Å²) in [6.07, 6.45) is -0.397. The van der Waals surface area contributed by atoms with E-state index in [2.05, 4.69) is 15.9 Å². The molecular weight excluding hydrogens is 348 g/mol. The van der Waals surface area contributed by atoms with Gasteiger partial charge in [-0.05, 0) is 34.5 Å². The molecule has 2 atom stereocenters. The summed E-state index contributed by atoms with van der Waals surface area (Å²) >= 11 is 3.26. The molecule has 8 heteroatoms. The molecule has 0 saturated carbocycles. The van der Waals surface area contributed by atoms with Crippen molar-refractivity contribution in [3.05, 3.63) is 28.7 Å². The van der Waals surface area contributed by atoms with E-state index in [1.165, 1.54) is 9.21 Å². The molecule has 108 valence electrons. The minimum Gasteiger partial charge on any atom is -0.465 e. The fourth-order valence-electron chi connectivity index (χ4n) is 2.94. The van der Waals surface area contributed by atoms with Crippen molar-refractivity contribution in [3.63, 3.8) is 0 Å². The lowest BCUT2D eigenvalue weighted by molar-refractivity contribution is 0.123. The second-order valence-corrected chi connectivity index (χ2v) is 7.70. The zero-order valence-electron chi connectivity index (χ0n) is 10.4. The van der Waals surface area contributed by atoms with E-state index >= 15 is 0 Å². The first-order valence-electron chi connectivity index (χ1n) is 6.17. The van der Waals surface area contributed by atoms with E-state index in [9.17, 15) is 13.2 Å². The van der Waals surface area contributed by atoms with Crippen LogP contribution in [0.15, 0.2) is 33.6 Å². The standard InChI is InChI=1S/C12H13BrN2O4S/c13-10-3-1-2-4-11(10)20(18,19)15-7-8-5-9(15)6-14(8)12(16)17/h1-4,8-9H,5-7H2,(H,16,17)/t8-,9-/m0/s1. The Balaban J connectivity index is 1.90. The molecule has 2 aliphatic rings. The van der Waals surface area contributed by atoms with Crippen molar-refractivity contribution >= 4 is 32.0 Å². The lowest BCUT2D eigenvalue weighted by Crippen LogP contribution is -2.50. The SMILES string of the molecule is O=C(O)N1C[C@@H]2C[C@H]1CN2S(=O)(=O)c1ccccc1Br. The van der Waals surface area contributed by atoms with Crippen LogP contribution in [0.25, 0.3) is 0 Å². The molecule has 0 aliphatic carbocycles. The van der Waals surface area contributed by atoms with Crippen molar-refractivity contribution in [2.45, 2.75) is 23.4 Å². The number of hydrogen-bond donors (Lipinski definition) is 1. The van der Waals surface area contributed by atoms with Gasteiger partial charge >= 0.3 is 6.09 Å². The molecule has 1 aromatic carbocycles. The molecule has 0 unspecified atom stereocenters. The quantitative estimate of drug-likeness (QED) is 0.868. The number of rotatable bonds is 2. The first kappa shape index (κ1) is 13.8. The molecule has 1 aromatic rings. The maximum absolute atomic E-state index is 12.7. The molecule has 1 amide bonds. The van der Waals surface area contributed by atoms with Gasteiger partial charge in [0.1, 0.15) is 0 Å². The van der Waals surface area contributed by atoms with Crippen LogP contribution in [-0.2, 0) is 10.0 Å². The predicted molar refractivity (Wildman–Crippen MR) is 75.0 cm³/mol. The Bertz CT molecular complexity index is 663.